The summed E-state index contributed by atoms with van der Waals surface area (Å²) >= 11 is 0. The first-order chi connectivity index (χ1) is 17.4. The quantitative estimate of drug-likeness (QED) is 0.540. The Bertz CT molecular complexity index is 1140. The average molecular weight is 498 g/mol. The van der Waals surface area contributed by atoms with Gasteiger partial charge in [-0.2, -0.15) is 10.1 Å². The normalized spacial score (nSPS) is 23.8. The second kappa shape index (κ2) is 10.4. The van der Waals surface area contributed by atoms with Crippen LogP contribution in [0.5, 0.6) is 0 Å². The Morgan fingerprint density at radius 3 is 2.69 bits per heavy atom. The summed E-state index contributed by atoms with van der Waals surface area (Å²) in [6, 6.07) is 11.2. The van der Waals surface area contributed by atoms with Gasteiger partial charge in [0.05, 0.1) is 24.3 Å². The summed E-state index contributed by atoms with van der Waals surface area (Å²) in [5.41, 5.74) is 0.869. The van der Waals surface area contributed by atoms with Crippen molar-refractivity contribution in [2.24, 2.45) is 5.10 Å². The van der Waals surface area contributed by atoms with E-state index in [1.165, 1.54) is 17.1 Å². The molecular formula is C26H29F2N5O3. The molecule has 0 bridgehead atoms. The number of aliphatic hydroxyl groups excluding tert-OH is 1. The van der Waals surface area contributed by atoms with Gasteiger partial charge in [0.2, 0.25) is 0 Å². The lowest BCUT2D eigenvalue weighted by atomic mass is 9.94. The Hall–Kier alpha value is -3.21. The molecule has 3 heterocycles. The minimum Gasteiger partial charge on any atom is -0.389 e. The second-order valence-corrected chi connectivity index (χ2v) is 9.62. The molecule has 0 saturated carbocycles. The van der Waals surface area contributed by atoms with Crippen molar-refractivity contribution in [1.29, 1.82) is 0 Å². The van der Waals surface area contributed by atoms with Crippen molar-refractivity contribution in [3.63, 3.8) is 0 Å². The Kier molecular flexibility index (Phi) is 7.08. The van der Waals surface area contributed by atoms with Crippen LogP contribution in [0.1, 0.15) is 24.8 Å². The third-order valence-electron chi connectivity index (χ3n) is 7.10. The minimum atomic E-state index is -1.04. The van der Waals surface area contributed by atoms with Gasteiger partial charge < -0.3 is 15.7 Å². The summed E-state index contributed by atoms with van der Waals surface area (Å²) < 4.78 is 27.7. The first-order valence-corrected chi connectivity index (χ1v) is 12.2. The number of carbonyl (C=O) groups is 2. The van der Waals surface area contributed by atoms with Crippen LogP contribution in [0.15, 0.2) is 53.6 Å². The number of aliphatic hydroxyl groups is 1. The molecular weight excluding hydrogens is 468 g/mol. The van der Waals surface area contributed by atoms with Crippen LogP contribution in [0, 0.1) is 11.6 Å². The van der Waals surface area contributed by atoms with Crippen molar-refractivity contribution >= 4 is 23.2 Å². The maximum Gasteiger partial charge on any atom is 0.268 e. The molecule has 0 radical (unpaired) electrons. The molecule has 10 heteroatoms. The first kappa shape index (κ1) is 24.5. The molecule has 36 heavy (non-hydrogen) atoms. The monoisotopic (exact) mass is 497 g/mol. The number of amides is 2. The number of hydrazone groups is 1. The van der Waals surface area contributed by atoms with Crippen molar-refractivity contribution in [2.75, 3.05) is 24.6 Å². The third-order valence-corrected chi connectivity index (χ3v) is 7.10. The van der Waals surface area contributed by atoms with Gasteiger partial charge in [0.25, 0.3) is 11.8 Å². The highest BCUT2D eigenvalue weighted by molar-refractivity contribution is 6.44. The maximum atomic E-state index is 13.9. The van der Waals surface area contributed by atoms with Gasteiger partial charge >= 0.3 is 0 Å². The number of halogens is 2. The zero-order chi connectivity index (χ0) is 25.2. The molecule has 3 N–H and O–H groups in total. The largest absolute Gasteiger partial charge is 0.389 e. The van der Waals surface area contributed by atoms with Crippen LogP contribution >= 0.6 is 0 Å². The Morgan fingerprint density at radius 1 is 1.19 bits per heavy atom. The van der Waals surface area contributed by atoms with Crippen molar-refractivity contribution in [1.82, 2.24) is 15.5 Å². The molecule has 2 amide bonds. The molecule has 0 aromatic heterocycles. The molecule has 3 aliphatic heterocycles. The predicted octanol–water partition coefficient (Wildman–Crippen LogP) is 1.58. The van der Waals surface area contributed by atoms with Crippen LogP contribution in [-0.4, -0.2) is 71.4 Å². The number of hydrogen-bond donors (Lipinski definition) is 3. The van der Waals surface area contributed by atoms with E-state index in [-0.39, 0.29) is 30.5 Å². The number of para-hydroxylation sites is 1. The summed E-state index contributed by atoms with van der Waals surface area (Å²) in [6.07, 6.45) is 0.987. The topological polar surface area (TPSA) is 97.3 Å². The highest BCUT2D eigenvalue weighted by Crippen LogP contribution is 2.23. The van der Waals surface area contributed by atoms with Crippen LogP contribution in [0.4, 0.5) is 14.5 Å². The Balaban J connectivity index is 1.35. The summed E-state index contributed by atoms with van der Waals surface area (Å²) in [4.78, 5) is 28.0. The van der Waals surface area contributed by atoms with E-state index < -0.39 is 29.7 Å². The Morgan fingerprint density at radius 2 is 1.94 bits per heavy atom. The van der Waals surface area contributed by atoms with Gasteiger partial charge in [0.15, 0.2) is 0 Å². The zero-order valence-electron chi connectivity index (χ0n) is 19.7. The molecule has 190 valence electrons. The molecule has 0 unspecified atom stereocenters. The van der Waals surface area contributed by atoms with Gasteiger partial charge in [0.1, 0.15) is 17.3 Å². The van der Waals surface area contributed by atoms with Crippen molar-refractivity contribution in [3.8, 4) is 0 Å². The summed E-state index contributed by atoms with van der Waals surface area (Å²) in [7, 11) is 0. The number of fused-ring (bicyclic) bond motifs is 1. The van der Waals surface area contributed by atoms with E-state index in [4.69, 9.17) is 0 Å². The molecule has 4 atom stereocenters. The standard InChI is InChI=1S/C26H29F2N5O3/c27-17-9-16(10-18(28)12-17)11-21(25(35)23-15-32-8-4-7-20(32)14-29-23)30-26(36)22-13-24(34)33(31-22)19-5-2-1-3-6-19/h1-3,5-6,9-10,12,20-21,23,25,29,35H,4,7-8,11,13-15H2,(H,30,36)/t20-,21+,23+,25+/m0/s1. The third kappa shape index (κ3) is 5.30. The Labute approximate surface area is 208 Å². The fourth-order valence-corrected chi connectivity index (χ4v) is 5.30. The lowest BCUT2D eigenvalue weighted by Crippen LogP contribution is -2.63. The van der Waals surface area contributed by atoms with Crippen LogP contribution < -0.4 is 15.6 Å². The van der Waals surface area contributed by atoms with Gasteiger partial charge in [-0.15, -0.1) is 0 Å². The molecule has 2 saturated heterocycles. The van der Waals surface area contributed by atoms with Gasteiger partial charge in [0, 0.05) is 31.2 Å². The number of piperazine rings is 1. The molecule has 2 aromatic carbocycles. The van der Waals surface area contributed by atoms with E-state index in [9.17, 15) is 23.5 Å². The molecule has 2 aromatic rings. The average Bonchev–Trinajstić information content (AvgIpc) is 3.49. The number of hydrogen-bond acceptors (Lipinski definition) is 6. The molecule has 0 spiro atoms. The van der Waals surface area contributed by atoms with Crippen molar-refractivity contribution in [3.05, 3.63) is 65.7 Å². The summed E-state index contributed by atoms with van der Waals surface area (Å²) in [6.45, 7) is 2.29. The fraction of sp³-hybridized carbons (Fsp3) is 0.423. The van der Waals surface area contributed by atoms with Crippen molar-refractivity contribution in [2.45, 2.75) is 49.9 Å². The minimum absolute atomic E-state index is 0.00677. The van der Waals surface area contributed by atoms with Crippen LogP contribution in [0.2, 0.25) is 0 Å². The number of nitrogens with one attached hydrogen (secondary N) is 2. The van der Waals surface area contributed by atoms with E-state index in [1.54, 1.807) is 24.3 Å². The predicted molar refractivity (Wildman–Crippen MR) is 130 cm³/mol. The molecule has 0 aliphatic carbocycles. The lowest BCUT2D eigenvalue weighted by Gasteiger charge is -2.40. The van der Waals surface area contributed by atoms with Gasteiger partial charge in [-0.1, -0.05) is 18.2 Å². The van der Waals surface area contributed by atoms with Crippen LogP contribution in [0.3, 0.4) is 0 Å². The van der Waals surface area contributed by atoms with Gasteiger partial charge in [-0.25, -0.2) is 8.78 Å². The van der Waals surface area contributed by atoms with E-state index in [2.05, 4.69) is 20.6 Å². The van der Waals surface area contributed by atoms with E-state index in [0.717, 1.165) is 32.0 Å². The van der Waals surface area contributed by atoms with E-state index in [1.807, 2.05) is 6.07 Å². The van der Waals surface area contributed by atoms with Gasteiger partial charge in [-0.3, -0.25) is 14.5 Å². The fourth-order valence-electron chi connectivity index (χ4n) is 5.30. The smallest absolute Gasteiger partial charge is 0.268 e. The number of benzene rings is 2. The SMILES string of the molecule is O=C(N[C@H](Cc1cc(F)cc(F)c1)[C@@H](O)[C@H]1CN2CCC[C@H]2CN1)C1=NN(c2ccccc2)C(=O)C1. The lowest BCUT2D eigenvalue weighted by molar-refractivity contribution is -0.119. The molecule has 3 aliphatic rings. The summed E-state index contributed by atoms with van der Waals surface area (Å²) in [5, 5.41) is 22.9. The van der Waals surface area contributed by atoms with Gasteiger partial charge in [-0.05, 0) is 55.6 Å². The highest BCUT2D eigenvalue weighted by atomic mass is 19.1. The second-order valence-electron chi connectivity index (χ2n) is 9.62. The number of carbonyl (C=O) groups excluding carboxylic acids is 2. The number of nitrogens with zero attached hydrogens (tertiary/aromatic N) is 3. The maximum absolute atomic E-state index is 13.9. The molecule has 5 rings (SSSR count). The number of anilines is 1. The summed E-state index contributed by atoms with van der Waals surface area (Å²) in [5.74, 6) is -2.41. The highest BCUT2D eigenvalue weighted by Gasteiger charge is 2.38. The van der Waals surface area contributed by atoms with Crippen LogP contribution in [0.25, 0.3) is 0 Å². The van der Waals surface area contributed by atoms with E-state index in [0.29, 0.717) is 23.8 Å². The molecule has 8 nitrogen and oxygen atoms in total. The number of rotatable bonds is 7. The van der Waals surface area contributed by atoms with Crippen molar-refractivity contribution < 1.29 is 23.5 Å². The van der Waals surface area contributed by atoms with E-state index >= 15 is 0 Å². The zero-order valence-corrected chi connectivity index (χ0v) is 19.7. The molecule has 2 fully saturated rings. The first-order valence-electron chi connectivity index (χ1n) is 12.2. The van der Waals surface area contributed by atoms with Crippen LogP contribution in [-0.2, 0) is 16.0 Å².